The third-order valence-corrected chi connectivity index (χ3v) is 6.38. The highest BCUT2D eigenvalue weighted by Gasteiger charge is 2.38. The summed E-state index contributed by atoms with van der Waals surface area (Å²) in [7, 11) is 0. The molecule has 2 aliphatic heterocycles. The van der Waals surface area contributed by atoms with Crippen molar-refractivity contribution in [1.82, 2.24) is 20.2 Å². The molecule has 9 heteroatoms. The van der Waals surface area contributed by atoms with E-state index in [0.29, 0.717) is 33.4 Å². The van der Waals surface area contributed by atoms with Gasteiger partial charge in [0.05, 0.1) is 18.8 Å². The van der Waals surface area contributed by atoms with Crippen molar-refractivity contribution in [2.24, 2.45) is 5.41 Å². The topological polar surface area (TPSA) is 87.2 Å². The third kappa shape index (κ3) is 3.85. The van der Waals surface area contributed by atoms with Crippen molar-refractivity contribution in [3.63, 3.8) is 0 Å². The maximum atomic E-state index is 14.0. The first-order valence-electron chi connectivity index (χ1n) is 10.2. The molecule has 4 heterocycles. The zero-order valence-electron chi connectivity index (χ0n) is 16.8. The van der Waals surface area contributed by atoms with Gasteiger partial charge in [0.1, 0.15) is 17.0 Å². The molecule has 3 aromatic rings. The lowest BCUT2D eigenvalue weighted by molar-refractivity contribution is 0.133. The average Bonchev–Trinajstić information content (AvgIpc) is 3.39. The maximum absolute atomic E-state index is 14.0. The molecule has 2 N–H and O–H groups in total. The first-order valence-corrected chi connectivity index (χ1v) is 10.6. The number of anilines is 1. The Morgan fingerprint density at radius 3 is 2.77 bits per heavy atom. The summed E-state index contributed by atoms with van der Waals surface area (Å²) in [6.07, 6.45) is 3.17. The molecule has 2 aromatic heterocycles. The van der Waals surface area contributed by atoms with E-state index in [1.54, 1.807) is 6.07 Å². The van der Waals surface area contributed by atoms with Gasteiger partial charge in [-0.25, -0.2) is 14.4 Å². The monoisotopic (exact) mass is 441 g/mol. The van der Waals surface area contributed by atoms with Crippen LogP contribution in [0.1, 0.15) is 36.2 Å². The molecular weight excluding hydrogens is 421 g/mol. The van der Waals surface area contributed by atoms with E-state index in [-0.39, 0.29) is 17.6 Å². The quantitative estimate of drug-likeness (QED) is 0.594. The summed E-state index contributed by atoms with van der Waals surface area (Å²) < 4.78 is 19.6. The lowest BCUT2D eigenvalue weighted by atomic mass is 9.78. The summed E-state index contributed by atoms with van der Waals surface area (Å²) in [6, 6.07) is 4.30. The number of aliphatic hydroxyl groups is 1. The van der Waals surface area contributed by atoms with Gasteiger partial charge in [0.15, 0.2) is 17.2 Å². The number of halogens is 2. The highest BCUT2D eigenvalue weighted by molar-refractivity contribution is 6.30. The van der Waals surface area contributed by atoms with Crippen LogP contribution in [-0.4, -0.2) is 51.6 Å². The van der Waals surface area contributed by atoms with Crippen LogP contribution in [0.4, 0.5) is 10.2 Å². The lowest BCUT2D eigenvalue weighted by Crippen LogP contribution is -2.41. The van der Waals surface area contributed by atoms with Gasteiger partial charge in [0, 0.05) is 24.7 Å². The predicted molar refractivity (Wildman–Crippen MR) is 114 cm³/mol. The van der Waals surface area contributed by atoms with Crippen molar-refractivity contribution < 1.29 is 14.2 Å². The molecule has 0 saturated carbocycles. The first-order chi connectivity index (χ1) is 15.1. The molecule has 0 aliphatic carbocycles. The van der Waals surface area contributed by atoms with E-state index in [2.05, 4.69) is 36.9 Å². The van der Waals surface area contributed by atoms with Crippen LogP contribution in [0, 0.1) is 23.1 Å². The van der Waals surface area contributed by atoms with E-state index >= 15 is 0 Å². The third-order valence-electron chi connectivity index (χ3n) is 6.15. The highest BCUT2D eigenvalue weighted by atomic mass is 35.5. The van der Waals surface area contributed by atoms with Crippen LogP contribution >= 0.6 is 11.6 Å². The fraction of sp³-hybridized carbons (Fsp3) is 0.409. The van der Waals surface area contributed by atoms with Crippen LogP contribution in [0.15, 0.2) is 18.2 Å². The van der Waals surface area contributed by atoms with Gasteiger partial charge in [-0.15, -0.1) is 0 Å². The van der Waals surface area contributed by atoms with Crippen molar-refractivity contribution in [3.05, 3.63) is 46.0 Å². The number of nitrogens with zero attached hydrogens (tertiary/aromatic N) is 4. The first kappa shape index (κ1) is 20.2. The molecular formula is C22H21ClFN5O2. The molecule has 2 fully saturated rings. The van der Waals surface area contributed by atoms with Gasteiger partial charge < -0.3 is 14.7 Å². The number of benzene rings is 1. The van der Waals surface area contributed by atoms with Gasteiger partial charge in [-0.3, -0.25) is 5.10 Å². The molecule has 0 amide bonds. The van der Waals surface area contributed by atoms with Crippen molar-refractivity contribution in [2.75, 3.05) is 31.2 Å². The van der Waals surface area contributed by atoms with Crippen LogP contribution in [0.2, 0.25) is 5.02 Å². The van der Waals surface area contributed by atoms with Gasteiger partial charge in [-0.2, -0.15) is 5.10 Å². The molecule has 160 valence electrons. The summed E-state index contributed by atoms with van der Waals surface area (Å²) in [6.45, 7) is 3.11. The summed E-state index contributed by atoms with van der Waals surface area (Å²) in [5.41, 5.74) is 2.25. The van der Waals surface area contributed by atoms with E-state index in [1.165, 1.54) is 12.1 Å². The predicted octanol–water partition coefficient (Wildman–Crippen LogP) is 3.04. The largest absolute Gasteiger partial charge is 0.390 e. The highest BCUT2D eigenvalue weighted by Crippen LogP contribution is 2.40. The molecule has 0 radical (unpaired) electrons. The average molecular weight is 442 g/mol. The summed E-state index contributed by atoms with van der Waals surface area (Å²) >= 11 is 5.78. The molecule has 0 unspecified atom stereocenters. The van der Waals surface area contributed by atoms with E-state index in [4.69, 9.17) is 16.3 Å². The second-order valence-electron chi connectivity index (χ2n) is 8.09. The molecule has 7 nitrogen and oxygen atoms in total. The van der Waals surface area contributed by atoms with Crippen LogP contribution in [0.25, 0.3) is 11.2 Å². The number of aromatic nitrogens is 4. The molecule has 0 bridgehead atoms. The minimum absolute atomic E-state index is 0.214. The van der Waals surface area contributed by atoms with Crippen LogP contribution < -0.4 is 4.90 Å². The zero-order valence-corrected chi connectivity index (χ0v) is 17.5. The Morgan fingerprint density at radius 2 is 2.06 bits per heavy atom. The Morgan fingerprint density at radius 1 is 1.23 bits per heavy atom. The minimum atomic E-state index is -0.500. The Kier molecular flexibility index (Phi) is 5.26. The molecule has 2 aliphatic rings. The fourth-order valence-electron chi connectivity index (χ4n) is 4.27. The molecule has 2 saturated heterocycles. The second kappa shape index (κ2) is 8.08. The van der Waals surface area contributed by atoms with E-state index in [9.17, 15) is 9.50 Å². The Bertz CT molecular complexity index is 1190. The van der Waals surface area contributed by atoms with Crippen molar-refractivity contribution >= 4 is 28.6 Å². The van der Waals surface area contributed by atoms with Gasteiger partial charge in [0.2, 0.25) is 0 Å². The van der Waals surface area contributed by atoms with Crippen molar-refractivity contribution in [2.45, 2.75) is 25.9 Å². The van der Waals surface area contributed by atoms with E-state index in [0.717, 1.165) is 45.6 Å². The van der Waals surface area contributed by atoms with Crippen molar-refractivity contribution in [1.29, 1.82) is 0 Å². The maximum Gasteiger partial charge on any atom is 0.177 e. The molecule has 31 heavy (non-hydrogen) atoms. The number of piperidine rings is 1. The number of ether oxygens (including phenoxy) is 1. The Labute approximate surface area is 183 Å². The Balaban J connectivity index is 1.44. The molecule has 1 aromatic carbocycles. The van der Waals surface area contributed by atoms with Gasteiger partial charge in [-0.05, 0) is 48.8 Å². The van der Waals surface area contributed by atoms with Crippen LogP contribution in [0.3, 0.4) is 0 Å². The number of nitrogens with one attached hydrogen (secondary N) is 1. The van der Waals surface area contributed by atoms with Crippen LogP contribution in [-0.2, 0) is 11.3 Å². The normalized spacial score (nSPS) is 17.8. The fourth-order valence-corrected chi connectivity index (χ4v) is 4.43. The number of hydrogen-bond donors (Lipinski definition) is 2. The summed E-state index contributed by atoms with van der Waals surface area (Å²) in [5, 5.41) is 17.3. The summed E-state index contributed by atoms with van der Waals surface area (Å²) in [4.78, 5) is 11.4. The second-order valence-corrected chi connectivity index (χ2v) is 8.52. The smallest absolute Gasteiger partial charge is 0.177 e. The lowest BCUT2D eigenvalue weighted by Gasteiger charge is -2.39. The van der Waals surface area contributed by atoms with E-state index < -0.39 is 5.82 Å². The number of rotatable bonds is 2. The zero-order chi connectivity index (χ0) is 21.4. The standard InChI is InChI=1S/C22H21ClFN5O2/c23-15-3-1-14(16(24)11-15)2-4-17-19-20(28-27-17)26-21(18(12-30)25-19)29-8-5-22(6-9-29)7-10-31-13-22/h1,3,11,30H,5-10,12-13H2,(H,26,27,28). The minimum Gasteiger partial charge on any atom is -0.390 e. The number of fused-ring (bicyclic) bond motifs is 1. The SMILES string of the molecule is OCc1nc2c(C#Cc3ccc(Cl)cc3F)n[nH]c2nc1N1CCC2(CCOC2)CC1. The van der Waals surface area contributed by atoms with Crippen LogP contribution in [0.5, 0.6) is 0 Å². The number of hydrogen-bond acceptors (Lipinski definition) is 6. The summed E-state index contributed by atoms with van der Waals surface area (Å²) in [5.74, 6) is 5.76. The number of aliphatic hydroxyl groups excluding tert-OH is 1. The number of H-pyrrole nitrogens is 1. The van der Waals surface area contributed by atoms with Gasteiger partial charge in [-0.1, -0.05) is 17.5 Å². The Hall–Kier alpha value is -2.73. The van der Waals surface area contributed by atoms with Gasteiger partial charge in [0.25, 0.3) is 0 Å². The van der Waals surface area contributed by atoms with E-state index in [1.807, 2.05) is 0 Å². The number of aromatic amines is 1. The van der Waals surface area contributed by atoms with Gasteiger partial charge >= 0.3 is 0 Å². The molecule has 1 spiro atoms. The molecule has 5 rings (SSSR count). The van der Waals surface area contributed by atoms with Crippen molar-refractivity contribution in [3.8, 4) is 11.8 Å². The molecule has 0 atom stereocenters.